The first-order valence-corrected chi connectivity index (χ1v) is 13.0. The molecule has 0 spiro atoms. The van der Waals surface area contributed by atoms with E-state index in [1.54, 1.807) is 17.7 Å². The van der Waals surface area contributed by atoms with Crippen molar-refractivity contribution in [3.8, 4) is 11.8 Å². The fourth-order valence-corrected chi connectivity index (χ4v) is 6.65. The number of carbonyl (C=O) groups is 1. The van der Waals surface area contributed by atoms with Crippen LogP contribution in [0.2, 0.25) is 0 Å². The smallest absolute Gasteiger partial charge is 0.226 e. The van der Waals surface area contributed by atoms with Crippen LogP contribution in [-0.4, -0.2) is 46.7 Å². The Morgan fingerprint density at radius 2 is 2.26 bits per heavy atom. The van der Waals surface area contributed by atoms with Gasteiger partial charge in [-0.3, -0.25) is 9.79 Å². The molecule has 0 bridgehead atoms. The van der Waals surface area contributed by atoms with Gasteiger partial charge in [-0.15, -0.1) is 11.3 Å². The van der Waals surface area contributed by atoms with Crippen LogP contribution in [0.5, 0.6) is 5.75 Å². The highest BCUT2D eigenvalue weighted by atomic mass is 32.1. The molecule has 1 aliphatic carbocycles. The van der Waals surface area contributed by atoms with E-state index >= 15 is 0 Å². The fraction of sp³-hybridized carbons (Fsp3) is 0.423. The summed E-state index contributed by atoms with van der Waals surface area (Å²) in [5.74, 6) is 1.69. The first-order chi connectivity index (χ1) is 17.1. The van der Waals surface area contributed by atoms with E-state index in [1.165, 1.54) is 10.4 Å². The molecule has 1 fully saturated rings. The first-order valence-electron chi connectivity index (χ1n) is 12.1. The molecule has 6 rings (SSSR count). The summed E-state index contributed by atoms with van der Waals surface area (Å²) < 4.78 is 5.92. The second-order valence-electron chi connectivity index (χ2n) is 9.32. The van der Waals surface area contributed by atoms with Crippen molar-refractivity contribution in [2.75, 3.05) is 25.0 Å². The fourth-order valence-electron chi connectivity index (χ4n) is 5.38. The maximum Gasteiger partial charge on any atom is 0.226 e. The highest BCUT2D eigenvalue weighted by Gasteiger charge is 2.34. The predicted molar refractivity (Wildman–Crippen MR) is 135 cm³/mol. The van der Waals surface area contributed by atoms with Crippen LogP contribution in [0.3, 0.4) is 0 Å². The van der Waals surface area contributed by atoms with Gasteiger partial charge in [0.25, 0.3) is 0 Å². The number of anilines is 2. The Bertz CT molecular complexity index is 1390. The number of fused-ring (bicyclic) bond motifs is 4. The largest absolute Gasteiger partial charge is 0.492 e. The van der Waals surface area contributed by atoms with Crippen molar-refractivity contribution in [3.05, 3.63) is 40.0 Å². The average molecular weight is 487 g/mol. The van der Waals surface area contributed by atoms with Crippen molar-refractivity contribution in [2.24, 2.45) is 16.8 Å². The number of hydrogen-bond acceptors (Lipinski definition) is 8. The molecule has 0 saturated carbocycles. The normalized spacial score (nSPS) is 20.5. The molecule has 0 radical (unpaired) electrons. The van der Waals surface area contributed by atoms with E-state index in [0.29, 0.717) is 26.2 Å². The van der Waals surface area contributed by atoms with E-state index < -0.39 is 0 Å². The van der Waals surface area contributed by atoms with Gasteiger partial charge < -0.3 is 15.0 Å². The van der Waals surface area contributed by atoms with Crippen LogP contribution >= 0.6 is 11.3 Å². The molecule has 1 N–H and O–H groups in total. The number of thiophene rings is 1. The number of nitrogens with one attached hydrogen (secondary N) is 1. The second-order valence-corrected chi connectivity index (χ2v) is 10.4. The zero-order valence-electron chi connectivity index (χ0n) is 19.6. The number of benzene rings is 1. The van der Waals surface area contributed by atoms with Crippen LogP contribution < -0.4 is 10.1 Å². The third kappa shape index (κ3) is 3.92. The number of likely N-dealkylation sites (tertiary alicyclic amines) is 1. The molecular formula is C26H26N6O2S. The van der Waals surface area contributed by atoms with Crippen LogP contribution in [-0.2, 0) is 24.2 Å². The molecule has 178 valence electrons. The van der Waals surface area contributed by atoms with Crippen LogP contribution in [0.4, 0.5) is 11.5 Å². The molecule has 2 aromatic heterocycles. The molecule has 4 heterocycles. The van der Waals surface area contributed by atoms with Gasteiger partial charge in [-0.2, -0.15) is 5.26 Å². The molecule has 2 unspecified atom stereocenters. The van der Waals surface area contributed by atoms with Crippen molar-refractivity contribution >= 4 is 45.2 Å². The Hall–Kier alpha value is -3.51. The Morgan fingerprint density at radius 3 is 3.09 bits per heavy atom. The molecule has 35 heavy (non-hydrogen) atoms. The molecule has 1 aromatic carbocycles. The van der Waals surface area contributed by atoms with Gasteiger partial charge in [0.1, 0.15) is 22.7 Å². The number of rotatable bonds is 5. The lowest BCUT2D eigenvalue weighted by Gasteiger charge is -2.26. The van der Waals surface area contributed by atoms with Crippen molar-refractivity contribution in [1.29, 1.82) is 5.26 Å². The van der Waals surface area contributed by atoms with Crippen LogP contribution in [0.1, 0.15) is 41.3 Å². The molecule has 9 heteroatoms. The van der Waals surface area contributed by atoms with Crippen LogP contribution in [0.15, 0.2) is 23.5 Å². The average Bonchev–Trinajstić information content (AvgIpc) is 3.61. The van der Waals surface area contributed by atoms with Gasteiger partial charge in [0.2, 0.25) is 5.91 Å². The Labute approximate surface area is 207 Å². The van der Waals surface area contributed by atoms with Gasteiger partial charge in [0.15, 0.2) is 0 Å². The molecule has 3 aliphatic rings. The Balaban J connectivity index is 1.30. The van der Waals surface area contributed by atoms with Crippen LogP contribution in [0.25, 0.3) is 10.2 Å². The lowest BCUT2D eigenvalue weighted by atomic mass is 9.87. The summed E-state index contributed by atoms with van der Waals surface area (Å²) >= 11 is 1.66. The van der Waals surface area contributed by atoms with Crippen molar-refractivity contribution in [3.63, 3.8) is 0 Å². The SMILES string of the molecule is CCOc1cc2c(cc1Nc1ncnc3sc4c(c13)CCC(C(=O)N1CCC(C#N)C1)C4)C=NC2. The summed E-state index contributed by atoms with van der Waals surface area (Å²) in [5, 5.41) is 13.8. The van der Waals surface area contributed by atoms with Gasteiger partial charge in [-0.25, -0.2) is 9.97 Å². The number of aromatic nitrogens is 2. The van der Waals surface area contributed by atoms with Gasteiger partial charge >= 0.3 is 0 Å². The number of aliphatic imine (C=N–C) groups is 1. The van der Waals surface area contributed by atoms with E-state index in [9.17, 15) is 10.1 Å². The van der Waals surface area contributed by atoms with E-state index in [2.05, 4.69) is 38.5 Å². The Kier molecular flexibility index (Phi) is 5.61. The minimum atomic E-state index is -0.0297. The highest BCUT2D eigenvalue weighted by Crippen LogP contribution is 2.42. The van der Waals surface area contributed by atoms with Crippen LogP contribution in [0, 0.1) is 23.2 Å². The van der Waals surface area contributed by atoms with Crippen molar-refractivity contribution in [1.82, 2.24) is 14.9 Å². The first kappa shape index (κ1) is 22.0. The molecule has 8 nitrogen and oxygen atoms in total. The lowest BCUT2D eigenvalue weighted by Crippen LogP contribution is -2.36. The third-order valence-corrected chi connectivity index (χ3v) is 8.33. The predicted octanol–water partition coefficient (Wildman–Crippen LogP) is 4.24. The number of amides is 1. The maximum absolute atomic E-state index is 13.1. The highest BCUT2D eigenvalue weighted by molar-refractivity contribution is 7.19. The Morgan fingerprint density at radius 1 is 1.34 bits per heavy atom. The van der Waals surface area contributed by atoms with Gasteiger partial charge in [0, 0.05) is 30.1 Å². The van der Waals surface area contributed by atoms with E-state index in [-0.39, 0.29) is 17.7 Å². The van der Waals surface area contributed by atoms with Crippen molar-refractivity contribution < 1.29 is 9.53 Å². The van der Waals surface area contributed by atoms with Gasteiger partial charge in [0.05, 0.1) is 36.2 Å². The standard InChI is InChI=1S/C26H26N6O2S/c1-2-34-21-8-18-12-28-11-17(18)7-20(21)31-24-23-19-4-3-16(9-22(19)35-25(23)30-14-29-24)26(33)32-6-5-15(10-27)13-32/h7-8,11,14-16H,2-6,9,12-13H2,1H3,(H,29,30,31). The lowest BCUT2D eigenvalue weighted by molar-refractivity contribution is -0.134. The summed E-state index contributed by atoms with van der Waals surface area (Å²) in [7, 11) is 0. The van der Waals surface area contributed by atoms with E-state index in [4.69, 9.17) is 4.74 Å². The number of carbonyl (C=O) groups excluding carboxylic acids is 1. The number of nitrogens with zero attached hydrogens (tertiary/aromatic N) is 5. The summed E-state index contributed by atoms with van der Waals surface area (Å²) in [6.45, 7) is 4.49. The van der Waals surface area contributed by atoms with E-state index in [0.717, 1.165) is 64.3 Å². The summed E-state index contributed by atoms with van der Waals surface area (Å²) in [4.78, 5) is 30.7. The zero-order chi connectivity index (χ0) is 23.9. The number of nitriles is 1. The van der Waals surface area contributed by atoms with Gasteiger partial charge in [-0.1, -0.05) is 0 Å². The quantitative estimate of drug-likeness (QED) is 0.578. The number of aryl methyl sites for hydroxylation is 1. The zero-order valence-corrected chi connectivity index (χ0v) is 20.4. The topological polar surface area (TPSA) is 103 Å². The molecule has 2 atom stereocenters. The number of ether oxygens (including phenoxy) is 1. The maximum atomic E-state index is 13.1. The molecule has 2 aliphatic heterocycles. The minimum absolute atomic E-state index is 0.0293. The molecule has 3 aromatic rings. The third-order valence-electron chi connectivity index (χ3n) is 7.16. The molecule has 1 amide bonds. The summed E-state index contributed by atoms with van der Waals surface area (Å²) in [6.07, 6.45) is 6.62. The minimum Gasteiger partial charge on any atom is -0.492 e. The second kappa shape index (κ2) is 8.93. The van der Waals surface area contributed by atoms with Crippen molar-refractivity contribution in [2.45, 2.75) is 39.2 Å². The molecular weight excluding hydrogens is 460 g/mol. The molecule has 1 saturated heterocycles. The summed E-state index contributed by atoms with van der Waals surface area (Å²) in [5.41, 5.74) is 4.36. The monoisotopic (exact) mass is 486 g/mol. The van der Waals surface area contributed by atoms with E-state index in [1.807, 2.05) is 18.0 Å². The number of hydrogen-bond donors (Lipinski definition) is 1. The van der Waals surface area contributed by atoms with Gasteiger partial charge in [-0.05, 0) is 61.4 Å². The summed E-state index contributed by atoms with van der Waals surface area (Å²) in [6, 6.07) is 6.44.